The Labute approximate surface area is 154 Å². The number of hydrogen-bond acceptors (Lipinski definition) is 4. The van der Waals surface area contributed by atoms with E-state index in [1.165, 1.54) is 0 Å². The van der Waals surface area contributed by atoms with Gasteiger partial charge in [0.05, 0.1) is 24.8 Å². The van der Waals surface area contributed by atoms with E-state index in [1.54, 1.807) is 0 Å². The highest BCUT2D eigenvalue weighted by Crippen LogP contribution is 2.36. The van der Waals surface area contributed by atoms with Gasteiger partial charge in [-0.1, -0.05) is 42.8 Å². The number of nitrogens with one attached hydrogen (secondary N) is 1. The van der Waals surface area contributed by atoms with Crippen molar-refractivity contribution in [1.29, 1.82) is 0 Å². The highest BCUT2D eigenvalue weighted by Gasteiger charge is 2.12. The number of rotatable bonds is 10. The van der Waals surface area contributed by atoms with Gasteiger partial charge in [-0.05, 0) is 42.2 Å². The van der Waals surface area contributed by atoms with Gasteiger partial charge in [-0.2, -0.15) is 0 Å². The largest absolute Gasteiger partial charge is 0.490 e. The van der Waals surface area contributed by atoms with Crippen molar-refractivity contribution in [3.8, 4) is 11.5 Å². The van der Waals surface area contributed by atoms with Crippen LogP contribution >= 0.6 is 11.6 Å². The van der Waals surface area contributed by atoms with Gasteiger partial charge in [0.25, 0.3) is 0 Å². The number of benzene rings is 2. The summed E-state index contributed by atoms with van der Waals surface area (Å²) in [5.74, 6) is 1.30. The molecule has 0 bridgehead atoms. The fraction of sp³-hybridized carbons (Fsp3) is 0.400. The van der Waals surface area contributed by atoms with Crippen LogP contribution in [0.4, 0.5) is 0 Å². The molecule has 0 aliphatic rings. The number of aliphatic hydroxyl groups is 1. The van der Waals surface area contributed by atoms with Crippen molar-refractivity contribution in [3.05, 3.63) is 58.1 Å². The van der Waals surface area contributed by atoms with Crippen LogP contribution in [0.3, 0.4) is 0 Å². The van der Waals surface area contributed by atoms with E-state index < -0.39 is 0 Å². The van der Waals surface area contributed by atoms with Gasteiger partial charge >= 0.3 is 0 Å². The molecule has 0 aliphatic heterocycles. The summed E-state index contributed by atoms with van der Waals surface area (Å²) < 4.78 is 11.4. The predicted molar refractivity (Wildman–Crippen MR) is 101 cm³/mol. The van der Waals surface area contributed by atoms with Crippen LogP contribution < -0.4 is 14.8 Å². The van der Waals surface area contributed by atoms with Gasteiger partial charge in [0.2, 0.25) is 0 Å². The first-order chi connectivity index (χ1) is 12.2. The van der Waals surface area contributed by atoms with Crippen LogP contribution in [0.2, 0.25) is 5.02 Å². The standard InChI is InChI=1S/C20H26ClNO3/c1-3-8-25-20-18(21)10-17(11-19(20)24-4-2)13-22-12-15-6-5-7-16(9-15)14-23/h5-7,9-11,22-23H,3-4,8,12-14H2,1-2H3. The lowest BCUT2D eigenvalue weighted by Crippen LogP contribution is -2.13. The van der Waals surface area contributed by atoms with Crippen LogP contribution in [-0.4, -0.2) is 18.3 Å². The molecule has 0 heterocycles. The van der Waals surface area contributed by atoms with Crippen LogP contribution in [0.25, 0.3) is 0 Å². The van der Waals surface area contributed by atoms with Gasteiger partial charge in [-0.15, -0.1) is 0 Å². The van der Waals surface area contributed by atoms with Crippen molar-refractivity contribution in [2.75, 3.05) is 13.2 Å². The van der Waals surface area contributed by atoms with Crippen LogP contribution in [-0.2, 0) is 19.7 Å². The highest BCUT2D eigenvalue weighted by atomic mass is 35.5. The summed E-state index contributed by atoms with van der Waals surface area (Å²) in [6.07, 6.45) is 0.915. The summed E-state index contributed by atoms with van der Waals surface area (Å²) in [6, 6.07) is 11.8. The average molecular weight is 364 g/mol. The van der Waals surface area contributed by atoms with Gasteiger partial charge in [-0.3, -0.25) is 0 Å². The lowest BCUT2D eigenvalue weighted by atomic mass is 10.1. The van der Waals surface area contributed by atoms with Crippen molar-refractivity contribution < 1.29 is 14.6 Å². The molecule has 5 heteroatoms. The van der Waals surface area contributed by atoms with E-state index in [9.17, 15) is 5.11 Å². The third-order valence-electron chi connectivity index (χ3n) is 3.65. The van der Waals surface area contributed by atoms with Crippen molar-refractivity contribution in [2.45, 2.75) is 40.0 Å². The second-order valence-corrected chi connectivity index (χ2v) is 6.18. The van der Waals surface area contributed by atoms with Crippen molar-refractivity contribution in [3.63, 3.8) is 0 Å². The van der Waals surface area contributed by atoms with Crippen molar-refractivity contribution >= 4 is 11.6 Å². The zero-order chi connectivity index (χ0) is 18.1. The van der Waals surface area contributed by atoms with Gasteiger partial charge in [0, 0.05) is 13.1 Å². The lowest BCUT2D eigenvalue weighted by molar-refractivity contribution is 0.277. The van der Waals surface area contributed by atoms with Gasteiger partial charge in [0.15, 0.2) is 11.5 Å². The first-order valence-electron chi connectivity index (χ1n) is 8.65. The topological polar surface area (TPSA) is 50.7 Å². The van der Waals surface area contributed by atoms with E-state index in [4.69, 9.17) is 21.1 Å². The minimum Gasteiger partial charge on any atom is -0.490 e. The molecule has 0 unspecified atom stereocenters. The van der Waals surface area contributed by atoms with Gasteiger partial charge in [-0.25, -0.2) is 0 Å². The third-order valence-corrected chi connectivity index (χ3v) is 3.93. The maximum absolute atomic E-state index is 9.20. The molecule has 0 radical (unpaired) electrons. The van der Waals surface area contributed by atoms with Crippen LogP contribution in [0.5, 0.6) is 11.5 Å². The zero-order valence-electron chi connectivity index (χ0n) is 14.8. The molecule has 0 saturated carbocycles. The molecule has 4 nitrogen and oxygen atoms in total. The number of aliphatic hydroxyl groups excluding tert-OH is 1. The molecule has 0 spiro atoms. The molecule has 0 atom stereocenters. The summed E-state index contributed by atoms with van der Waals surface area (Å²) in [5.41, 5.74) is 3.08. The third kappa shape index (κ3) is 5.92. The molecule has 136 valence electrons. The molecule has 0 aliphatic carbocycles. The molecule has 25 heavy (non-hydrogen) atoms. The highest BCUT2D eigenvalue weighted by molar-refractivity contribution is 6.32. The molecule has 2 aromatic carbocycles. The Morgan fingerprint density at radius 2 is 1.76 bits per heavy atom. The Morgan fingerprint density at radius 3 is 2.48 bits per heavy atom. The van der Waals surface area contributed by atoms with Crippen LogP contribution in [0, 0.1) is 0 Å². The molecule has 0 saturated heterocycles. The average Bonchev–Trinajstić information content (AvgIpc) is 2.61. The number of ether oxygens (including phenoxy) is 2. The van der Waals surface area contributed by atoms with Crippen LogP contribution in [0.1, 0.15) is 37.0 Å². The molecular weight excluding hydrogens is 338 g/mol. The summed E-state index contributed by atoms with van der Waals surface area (Å²) in [7, 11) is 0. The number of hydrogen-bond donors (Lipinski definition) is 2. The summed E-state index contributed by atoms with van der Waals surface area (Å²) in [4.78, 5) is 0. The first kappa shape index (κ1) is 19.6. The maximum atomic E-state index is 9.20. The zero-order valence-corrected chi connectivity index (χ0v) is 15.6. The van der Waals surface area contributed by atoms with Gasteiger partial charge in [0.1, 0.15) is 0 Å². The van der Waals surface area contributed by atoms with E-state index in [0.29, 0.717) is 42.8 Å². The monoisotopic (exact) mass is 363 g/mol. The van der Waals surface area contributed by atoms with E-state index in [2.05, 4.69) is 12.2 Å². The van der Waals surface area contributed by atoms with Crippen molar-refractivity contribution in [2.24, 2.45) is 0 Å². The minimum atomic E-state index is 0.0559. The summed E-state index contributed by atoms with van der Waals surface area (Å²) >= 11 is 6.38. The molecule has 0 fully saturated rings. The smallest absolute Gasteiger partial charge is 0.179 e. The second-order valence-electron chi connectivity index (χ2n) is 5.77. The van der Waals surface area contributed by atoms with Crippen molar-refractivity contribution in [1.82, 2.24) is 5.32 Å². The normalized spacial score (nSPS) is 10.7. The Morgan fingerprint density at radius 1 is 1.00 bits per heavy atom. The quantitative estimate of drug-likeness (QED) is 0.660. The summed E-state index contributed by atoms with van der Waals surface area (Å²) in [5, 5.41) is 13.2. The molecule has 2 aromatic rings. The SMILES string of the molecule is CCCOc1c(Cl)cc(CNCc2cccc(CO)c2)cc1OCC. The minimum absolute atomic E-state index is 0.0559. The lowest BCUT2D eigenvalue weighted by Gasteiger charge is -2.15. The van der Waals surface area contributed by atoms with Gasteiger partial charge < -0.3 is 19.9 Å². The Balaban J connectivity index is 2.03. The Kier molecular flexibility index (Phi) is 8.06. The second kappa shape index (κ2) is 10.3. The molecule has 0 aromatic heterocycles. The maximum Gasteiger partial charge on any atom is 0.179 e. The Bertz CT molecular complexity index is 676. The molecule has 2 rings (SSSR count). The van der Waals surface area contributed by atoms with E-state index in [0.717, 1.165) is 23.1 Å². The summed E-state index contributed by atoms with van der Waals surface area (Å²) in [6.45, 7) is 6.60. The predicted octanol–water partition coefficient (Wildman–Crippen LogP) is 4.31. The number of halogens is 1. The molecular formula is C20H26ClNO3. The Hall–Kier alpha value is -1.75. The van der Waals surface area contributed by atoms with E-state index in [1.807, 2.05) is 43.3 Å². The molecule has 2 N–H and O–H groups in total. The van der Waals surface area contributed by atoms with E-state index >= 15 is 0 Å². The van der Waals surface area contributed by atoms with Crippen LogP contribution in [0.15, 0.2) is 36.4 Å². The van der Waals surface area contributed by atoms with E-state index in [-0.39, 0.29) is 6.61 Å². The first-order valence-corrected chi connectivity index (χ1v) is 9.03. The fourth-order valence-corrected chi connectivity index (χ4v) is 2.81. The fourth-order valence-electron chi connectivity index (χ4n) is 2.52. The molecule has 0 amide bonds.